The molecule has 0 unspecified atom stereocenters. The van der Waals surface area contributed by atoms with E-state index in [1.807, 2.05) is 0 Å². The Morgan fingerprint density at radius 2 is 1.00 bits per heavy atom. The summed E-state index contributed by atoms with van der Waals surface area (Å²) in [6, 6.07) is 0. The Kier molecular flexibility index (Phi) is 3.63. The minimum atomic E-state index is 0.668. The first-order valence-corrected chi connectivity index (χ1v) is 11.0. The SMILES string of the molecule is C[C@@H]1C[C@H]2[C@@H](C[C@H]1B(I)[C@@H]1C[C@@H]3[C@H](C[C@H]1C)C3(C)C)C2(C)C. The molecule has 22 heavy (non-hydrogen) atoms. The molecule has 0 heterocycles. The molecule has 4 saturated carbocycles. The Morgan fingerprint density at radius 1 is 0.682 bits per heavy atom. The van der Waals surface area contributed by atoms with E-state index >= 15 is 0 Å². The molecule has 0 aromatic rings. The quantitative estimate of drug-likeness (QED) is 0.356. The number of halogens is 1. The molecule has 0 aliphatic heterocycles. The molecule has 4 aliphatic rings. The summed E-state index contributed by atoms with van der Waals surface area (Å²) in [5.41, 5.74) is 1.34. The van der Waals surface area contributed by atoms with E-state index in [2.05, 4.69) is 63.9 Å². The zero-order chi connectivity index (χ0) is 16.0. The third-order valence-corrected chi connectivity index (χ3v) is 11.0. The minimum Gasteiger partial charge on any atom is -0.149 e. The Hall–Kier alpha value is 0.795. The molecule has 0 amide bonds. The highest BCUT2D eigenvalue weighted by atomic mass is 127. The smallest absolute Gasteiger partial charge is 0.149 e. The van der Waals surface area contributed by atoms with Crippen molar-refractivity contribution in [2.75, 3.05) is 0 Å². The van der Waals surface area contributed by atoms with Crippen molar-refractivity contribution in [3.8, 4) is 0 Å². The van der Waals surface area contributed by atoms with Crippen LogP contribution in [-0.2, 0) is 0 Å². The summed E-state index contributed by atoms with van der Waals surface area (Å²) in [4.78, 5) is 0. The minimum absolute atomic E-state index is 0.668. The van der Waals surface area contributed by atoms with Gasteiger partial charge in [0.2, 0.25) is 4.57 Å². The molecular weight excluding hydrogens is 378 g/mol. The molecule has 2 heteroatoms. The van der Waals surface area contributed by atoms with Crippen LogP contribution in [-0.4, -0.2) is 4.57 Å². The molecule has 0 aromatic carbocycles. The Balaban J connectivity index is 1.46. The fourth-order valence-electron chi connectivity index (χ4n) is 6.99. The van der Waals surface area contributed by atoms with Gasteiger partial charge in [0.15, 0.2) is 0 Å². The molecular formula is C20H34BI. The molecule has 0 aromatic heterocycles. The van der Waals surface area contributed by atoms with Crippen LogP contribution in [0.1, 0.15) is 67.2 Å². The van der Waals surface area contributed by atoms with Crippen molar-refractivity contribution in [2.45, 2.75) is 78.9 Å². The zero-order valence-electron chi connectivity index (χ0n) is 15.4. The molecule has 0 saturated heterocycles. The van der Waals surface area contributed by atoms with Gasteiger partial charge in [-0.25, -0.2) is 0 Å². The van der Waals surface area contributed by atoms with Crippen molar-refractivity contribution >= 4 is 26.9 Å². The molecule has 0 nitrogen and oxygen atoms in total. The molecule has 4 aliphatic carbocycles. The lowest BCUT2D eigenvalue weighted by Crippen LogP contribution is -2.33. The van der Waals surface area contributed by atoms with Gasteiger partial charge < -0.3 is 0 Å². The van der Waals surface area contributed by atoms with E-state index in [1.165, 1.54) is 25.7 Å². The number of hydrogen-bond acceptors (Lipinski definition) is 0. The first-order valence-electron chi connectivity index (χ1n) is 9.79. The Labute approximate surface area is 151 Å². The van der Waals surface area contributed by atoms with Crippen LogP contribution in [0, 0.1) is 46.3 Å². The van der Waals surface area contributed by atoms with E-state index < -0.39 is 0 Å². The normalized spacial score (nSPS) is 54.1. The summed E-state index contributed by atoms with van der Waals surface area (Å²) >= 11 is 2.89. The van der Waals surface area contributed by atoms with Gasteiger partial charge in [-0.1, -0.05) is 54.4 Å². The van der Waals surface area contributed by atoms with Crippen molar-refractivity contribution in [3.63, 3.8) is 0 Å². The average molecular weight is 412 g/mol. The largest absolute Gasteiger partial charge is 0.224 e. The Morgan fingerprint density at radius 3 is 1.36 bits per heavy atom. The first-order chi connectivity index (χ1) is 10.2. The van der Waals surface area contributed by atoms with Crippen molar-refractivity contribution in [3.05, 3.63) is 0 Å². The van der Waals surface area contributed by atoms with Crippen LogP contribution in [0.5, 0.6) is 0 Å². The predicted molar refractivity (Wildman–Crippen MR) is 106 cm³/mol. The molecule has 0 bridgehead atoms. The fourth-order valence-corrected chi connectivity index (χ4v) is 9.00. The van der Waals surface area contributed by atoms with Crippen molar-refractivity contribution in [1.82, 2.24) is 0 Å². The van der Waals surface area contributed by atoms with Crippen LogP contribution in [0.15, 0.2) is 0 Å². The van der Waals surface area contributed by atoms with Gasteiger partial charge in [0, 0.05) is 0 Å². The molecule has 0 N–H and O–H groups in total. The second-order valence-electron chi connectivity index (χ2n) is 10.7. The van der Waals surface area contributed by atoms with Crippen LogP contribution in [0.25, 0.3) is 0 Å². The third kappa shape index (κ3) is 2.20. The molecule has 4 fully saturated rings. The maximum atomic E-state index is 2.89. The average Bonchev–Trinajstić information content (AvgIpc) is 3.18. The van der Waals surface area contributed by atoms with E-state index in [0.717, 1.165) is 51.7 Å². The van der Waals surface area contributed by atoms with E-state index in [0.29, 0.717) is 10.8 Å². The highest BCUT2D eigenvalue weighted by Gasteiger charge is 2.64. The van der Waals surface area contributed by atoms with E-state index in [-0.39, 0.29) is 0 Å². The summed E-state index contributed by atoms with van der Waals surface area (Å²) in [7, 11) is 0. The second-order valence-corrected chi connectivity index (χ2v) is 12.2. The topological polar surface area (TPSA) is 0 Å². The first kappa shape index (κ1) is 16.3. The van der Waals surface area contributed by atoms with Gasteiger partial charge in [-0.15, -0.1) is 22.4 Å². The number of fused-ring (bicyclic) bond motifs is 2. The Bertz CT molecular complexity index is 428. The second kappa shape index (κ2) is 4.91. The standard InChI is InChI=1S/C20H34BI/c1-11-7-13-15(19(13,3)4)9-17(11)21(22)18-10-16-14(8-12(18)2)20(16,5)6/h11-18H,7-10H2,1-6H3/t11-,12-,13+,14+,15-,16-,17-,18-/m1/s1. The third-order valence-electron chi connectivity index (χ3n) is 9.16. The van der Waals surface area contributed by atoms with Crippen LogP contribution in [0.2, 0.25) is 11.6 Å². The summed E-state index contributed by atoms with van der Waals surface area (Å²) in [5.74, 6) is 8.12. The lowest BCUT2D eigenvalue weighted by molar-refractivity contribution is 0.337. The van der Waals surface area contributed by atoms with Gasteiger partial charge in [-0.05, 0) is 70.8 Å². The van der Waals surface area contributed by atoms with Gasteiger partial charge in [-0.3, -0.25) is 0 Å². The van der Waals surface area contributed by atoms with Gasteiger partial charge in [0.1, 0.15) is 0 Å². The van der Waals surface area contributed by atoms with Crippen LogP contribution in [0.4, 0.5) is 0 Å². The number of hydrogen-bond donors (Lipinski definition) is 0. The van der Waals surface area contributed by atoms with Gasteiger partial charge in [-0.2, -0.15) is 0 Å². The van der Waals surface area contributed by atoms with Crippen molar-refractivity contribution < 1.29 is 0 Å². The molecule has 8 atom stereocenters. The lowest BCUT2D eigenvalue weighted by Gasteiger charge is -2.38. The van der Waals surface area contributed by atoms with E-state index in [4.69, 9.17) is 0 Å². The molecule has 0 radical (unpaired) electrons. The van der Waals surface area contributed by atoms with Crippen LogP contribution >= 0.6 is 22.4 Å². The summed E-state index contributed by atoms with van der Waals surface area (Å²) in [6.07, 6.45) is 6.10. The predicted octanol–water partition coefficient (Wildman–Crippen LogP) is 6.56. The maximum Gasteiger partial charge on any atom is 0.224 e. The van der Waals surface area contributed by atoms with Gasteiger partial charge in [0.25, 0.3) is 0 Å². The van der Waals surface area contributed by atoms with E-state index in [1.54, 1.807) is 0 Å². The summed E-state index contributed by atoms with van der Waals surface area (Å²) in [5, 5.41) is 0. The monoisotopic (exact) mass is 412 g/mol. The van der Waals surface area contributed by atoms with E-state index in [9.17, 15) is 0 Å². The summed E-state index contributed by atoms with van der Waals surface area (Å²) < 4.78 is 0.928. The van der Waals surface area contributed by atoms with Crippen LogP contribution in [0.3, 0.4) is 0 Å². The fraction of sp³-hybridized carbons (Fsp3) is 1.00. The maximum absolute atomic E-state index is 2.89. The highest BCUT2D eigenvalue weighted by molar-refractivity contribution is 14.1. The van der Waals surface area contributed by atoms with Gasteiger partial charge >= 0.3 is 0 Å². The highest BCUT2D eigenvalue weighted by Crippen LogP contribution is 2.72. The van der Waals surface area contributed by atoms with Crippen molar-refractivity contribution in [1.29, 1.82) is 0 Å². The van der Waals surface area contributed by atoms with Crippen LogP contribution < -0.4 is 0 Å². The molecule has 4 rings (SSSR count). The molecule has 124 valence electrons. The van der Waals surface area contributed by atoms with Gasteiger partial charge in [0.05, 0.1) is 0 Å². The van der Waals surface area contributed by atoms with Crippen molar-refractivity contribution in [2.24, 2.45) is 46.3 Å². The number of rotatable bonds is 2. The molecule has 0 spiro atoms. The lowest BCUT2D eigenvalue weighted by atomic mass is 9.44. The summed E-state index contributed by atoms with van der Waals surface area (Å²) in [6.45, 7) is 15.2. The zero-order valence-corrected chi connectivity index (χ0v) is 17.6.